The predicted molar refractivity (Wildman–Crippen MR) is 182 cm³/mol. The first-order chi connectivity index (χ1) is 19.8. The van der Waals surface area contributed by atoms with Crippen LogP contribution in [0.25, 0.3) is 0 Å². The van der Waals surface area contributed by atoms with Gasteiger partial charge in [0.05, 0.1) is 11.2 Å². The predicted octanol–water partition coefficient (Wildman–Crippen LogP) is 8.80. The minimum Gasteiger partial charge on any atom is -0.537 e. The van der Waals surface area contributed by atoms with E-state index in [4.69, 9.17) is 32.3 Å². The quantitative estimate of drug-likeness (QED) is 0.251. The van der Waals surface area contributed by atoms with Crippen LogP contribution in [0.4, 0.5) is 0 Å². The molecule has 3 heterocycles. The minimum absolute atomic E-state index is 0.107. The van der Waals surface area contributed by atoms with E-state index < -0.39 is 54.8 Å². The largest absolute Gasteiger partial charge is 0.586 e. The van der Waals surface area contributed by atoms with E-state index >= 15 is 0 Å². The van der Waals surface area contributed by atoms with Crippen molar-refractivity contribution in [3.63, 3.8) is 0 Å². The molecule has 0 aromatic carbocycles. The Balaban J connectivity index is 2.39. The van der Waals surface area contributed by atoms with Crippen LogP contribution < -0.4 is 0 Å². The molecule has 3 aliphatic heterocycles. The minimum atomic E-state index is -2.87. The zero-order chi connectivity index (χ0) is 34.2. The molecular formula is C34H68B3O7-. The van der Waals surface area contributed by atoms with Crippen molar-refractivity contribution in [2.24, 2.45) is 58.2 Å². The molecule has 0 saturated carbocycles. The number of fused-ring (bicyclic) bond motifs is 2. The molecule has 0 radical (unpaired) electrons. The van der Waals surface area contributed by atoms with Crippen molar-refractivity contribution in [2.75, 3.05) is 0 Å². The second-order valence-electron chi connectivity index (χ2n) is 17.7. The van der Waals surface area contributed by atoms with E-state index in [2.05, 4.69) is 138 Å². The number of hydrogen-bond acceptors (Lipinski definition) is 7. The highest BCUT2D eigenvalue weighted by Gasteiger charge is 2.73. The highest BCUT2D eigenvalue weighted by molar-refractivity contribution is 6.74. The third kappa shape index (κ3) is 4.88. The molecular weight excluding hydrogens is 553 g/mol. The summed E-state index contributed by atoms with van der Waals surface area (Å²) in [5.41, 5.74) is -3.63. The lowest BCUT2D eigenvalue weighted by Crippen LogP contribution is -2.83. The highest BCUT2D eigenvalue weighted by atomic mass is 17.0. The van der Waals surface area contributed by atoms with Crippen molar-refractivity contribution in [3.8, 4) is 0 Å². The molecule has 0 aromatic heterocycles. The Morgan fingerprint density at radius 1 is 0.386 bits per heavy atom. The van der Waals surface area contributed by atoms with Crippen molar-refractivity contribution < 1.29 is 32.3 Å². The van der Waals surface area contributed by atoms with Crippen LogP contribution in [0, 0.1) is 58.2 Å². The first kappa shape index (κ1) is 38.4. The van der Waals surface area contributed by atoms with Gasteiger partial charge in [0.25, 0.3) is 0 Å². The summed E-state index contributed by atoms with van der Waals surface area (Å²) >= 11 is 0. The second kappa shape index (κ2) is 12.1. The van der Waals surface area contributed by atoms with Gasteiger partial charge >= 0.3 is 21.6 Å². The molecule has 3 aliphatic rings. The molecule has 0 N–H and O–H groups in total. The van der Waals surface area contributed by atoms with Crippen molar-refractivity contribution in [3.05, 3.63) is 0 Å². The molecule has 3 saturated heterocycles. The Labute approximate surface area is 272 Å². The molecule has 3 fully saturated rings. The maximum atomic E-state index is 7.32. The van der Waals surface area contributed by atoms with Gasteiger partial charge in [-0.1, -0.05) is 138 Å². The second-order valence-corrected chi connectivity index (χ2v) is 17.7. The molecule has 3 rings (SSSR count). The lowest BCUT2D eigenvalue weighted by molar-refractivity contribution is -0.317. The summed E-state index contributed by atoms with van der Waals surface area (Å²) in [7, 11) is -2.24. The van der Waals surface area contributed by atoms with Crippen LogP contribution in [0.3, 0.4) is 0 Å². The van der Waals surface area contributed by atoms with E-state index in [0.29, 0.717) is 0 Å². The van der Waals surface area contributed by atoms with Gasteiger partial charge in [0.1, 0.15) is 0 Å². The van der Waals surface area contributed by atoms with Crippen LogP contribution in [0.2, 0.25) is 0 Å². The Kier molecular flexibility index (Phi) is 10.6. The first-order valence-corrected chi connectivity index (χ1v) is 17.7. The number of rotatable bonds is 8. The van der Waals surface area contributed by atoms with E-state index in [1.165, 1.54) is 0 Å². The third-order valence-corrected chi connectivity index (χ3v) is 12.8. The van der Waals surface area contributed by atoms with E-state index in [9.17, 15) is 0 Å². The van der Waals surface area contributed by atoms with Crippen molar-refractivity contribution in [1.82, 2.24) is 0 Å². The van der Waals surface area contributed by atoms with Crippen LogP contribution in [-0.4, -0.2) is 44.0 Å². The van der Waals surface area contributed by atoms with Crippen LogP contribution in [0.15, 0.2) is 0 Å². The van der Waals surface area contributed by atoms with Crippen molar-refractivity contribution in [2.45, 2.75) is 161 Å². The van der Waals surface area contributed by atoms with Gasteiger partial charge in [0.2, 0.25) is 0 Å². The molecule has 0 amide bonds. The average molecular weight is 621 g/mol. The number of hydrogen-bond donors (Lipinski definition) is 0. The Bertz CT molecular complexity index is 871. The van der Waals surface area contributed by atoms with Gasteiger partial charge in [0, 0.05) is 22.0 Å². The van der Waals surface area contributed by atoms with Gasteiger partial charge in [-0.05, 0) is 47.3 Å². The van der Waals surface area contributed by atoms with E-state index in [1.807, 2.05) is 0 Å². The van der Waals surface area contributed by atoms with Gasteiger partial charge in [-0.2, -0.15) is 0 Å². The van der Waals surface area contributed by atoms with E-state index in [0.717, 1.165) is 0 Å². The van der Waals surface area contributed by atoms with Crippen LogP contribution >= 0.6 is 0 Å². The van der Waals surface area contributed by atoms with Crippen LogP contribution in [-0.2, 0) is 32.3 Å². The van der Waals surface area contributed by atoms with Gasteiger partial charge < -0.3 is 32.3 Å². The SMILES string of the molecule is CC(C)C1(C(C)C)OB2OB(O[B-]3(O2)OC(C(C)C)(C(C)C)C(C)(C)C(C(C)C)(C(C)C)O3)OC(C(C)C)(C(C)C)C1(C)C. The highest BCUT2D eigenvalue weighted by Crippen LogP contribution is 2.64. The molecule has 2 bridgehead atoms. The summed E-state index contributed by atoms with van der Waals surface area (Å²) in [5, 5.41) is 0. The van der Waals surface area contributed by atoms with Gasteiger partial charge in [-0.15, -0.1) is 0 Å². The zero-order valence-corrected chi connectivity index (χ0v) is 32.2. The summed E-state index contributed by atoms with van der Waals surface area (Å²) in [4.78, 5) is 0. The summed E-state index contributed by atoms with van der Waals surface area (Å²) < 4.78 is 49.3. The fourth-order valence-electron chi connectivity index (χ4n) is 12.2. The summed E-state index contributed by atoms with van der Waals surface area (Å²) in [6.45, 7) is 42.0. The van der Waals surface area contributed by atoms with Gasteiger partial charge in [-0.3, -0.25) is 0 Å². The maximum Gasteiger partial charge on any atom is 0.586 e. The normalized spacial score (nSPS) is 27.0. The van der Waals surface area contributed by atoms with Gasteiger partial charge in [0.15, 0.2) is 0 Å². The topological polar surface area (TPSA) is 64.6 Å². The van der Waals surface area contributed by atoms with Crippen molar-refractivity contribution >= 4 is 21.6 Å². The summed E-state index contributed by atoms with van der Waals surface area (Å²) in [6, 6.07) is 0. The Morgan fingerprint density at radius 2 is 0.614 bits per heavy atom. The zero-order valence-electron chi connectivity index (χ0n) is 32.2. The molecule has 7 nitrogen and oxygen atoms in total. The smallest absolute Gasteiger partial charge is 0.537 e. The van der Waals surface area contributed by atoms with Crippen molar-refractivity contribution in [1.29, 1.82) is 0 Å². The van der Waals surface area contributed by atoms with E-state index in [1.54, 1.807) is 0 Å². The Hall–Kier alpha value is -0.0852. The molecule has 44 heavy (non-hydrogen) atoms. The maximum absolute atomic E-state index is 7.32. The monoisotopic (exact) mass is 622 g/mol. The van der Waals surface area contributed by atoms with E-state index in [-0.39, 0.29) is 47.3 Å². The summed E-state index contributed by atoms with van der Waals surface area (Å²) in [6.07, 6.45) is 0. The lowest BCUT2D eigenvalue weighted by Gasteiger charge is -2.75. The first-order valence-electron chi connectivity index (χ1n) is 17.7. The molecule has 0 unspecified atom stereocenters. The fraction of sp³-hybridized carbons (Fsp3) is 1.00. The fourth-order valence-corrected chi connectivity index (χ4v) is 12.2. The average Bonchev–Trinajstić information content (AvgIpc) is 2.84. The molecule has 256 valence electrons. The molecule has 1 spiro atoms. The van der Waals surface area contributed by atoms with Crippen LogP contribution in [0.1, 0.15) is 138 Å². The van der Waals surface area contributed by atoms with Crippen LogP contribution in [0.5, 0.6) is 0 Å². The Morgan fingerprint density at radius 3 is 0.841 bits per heavy atom. The molecule has 0 aromatic rings. The van der Waals surface area contributed by atoms with Gasteiger partial charge in [-0.25, -0.2) is 0 Å². The molecule has 0 atom stereocenters. The summed E-state index contributed by atoms with van der Waals surface area (Å²) in [5.74, 6) is 0.905. The standard InChI is InChI=1S/C34H68B3O7/c1-21(2)31(22(3)4)29(17,18)32(23(5)6,24(7)8)39-36-42-35(38-31)43-37(44-36)40-33(25(9)10,26(11)12)30(19,20)34(41-37,27(13)14)28(15)16/h21-28H,1-20H3/q-1. The lowest BCUT2D eigenvalue weighted by atomic mass is 9.48. The molecule has 0 aliphatic carbocycles. The molecule has 10 heteroatoms. The third-order valence-electron chi connectivity index (χ3n) is 12.8.